The van der Waals surface area contributed by atoms with Gasteiger partial charge in [0.15, 0.2) is 5.78 Å². The van der Waals surface area contributed by atoms with Crippen LogP contribution in [0.1, 0.15) is 24.2 Å². The van der Waals surface area contributed by atoms with Crippen molar-refractivity contribution in [3.8, 4) is 5.75 Å². The van der Waals surface area contributed by atoms with Crippen LogP contribution in [-0.4, -0.2) is 26.0 Å². The quantitative estimate of drug-likeness (QED) is 0.774. The van der Waals surface area contributed by atoms with E-state index in [1.807, 2.05) is 20.9 Å². The van der Waals surface area contributed by atoms with E-state index in [4.69, 9.17) is 4.74 Å². The average Bonchev–Trinajstić information content (AvgIpc) is 2.29. The van der Waals surface area contributed by atoms with Gasteiger partial charge in [0.05, 0.1) is 13.2 Å². The number of benzene rings is 1. The molecule has 16 heavy (non-hydrogen) atoms. The van der Waals surface area contributed by atoms with Crippen molar-refractivity contribution in [2.24, 2.45) is 5.92 Å². The van der Waals surface area contributed by atoms with Crippen LogP contribution in [0.2, 0.25) is 0 Å². The van der Waals surface area contributed by atoms with E-state index in [-0.39, 0.29) is 17.7 Å². The van der Waals surface area contributed by atoms with E-state index in [0.29, 0.717) is 5.56 Å². The van der Waals surface area contributed by atoms with Crippen LogP contribution in [0.3, 0.4) is 0 Å². The molecule has 0 radical (unpaired) electrons. The Morgan fingerprint density at radius 2 is 1.81 bits per heavy atom. The van der Waals surface area contributed by atoms with Gasteiger partial charge in [0.25, 0.3) is 0 Å². The standard InChI is InChI=1S/C13H19NO2/c1-9(2)12(14-3)13(15)10-5-7-11(16-4)8-6-10/h5-9,12,14H,1-4H3. The summed E-state index contributed by atoms with van der Waals surface area (Å²) < 4.78 is 5.06. The number of carbonyl (C=O) groups is 1. The van der Waals surface area contributed by atoms with Crippen molar-refractivity contribution in [2.45, 2.75) is 19.9 Å². The molecule has 88 valence electrons. The molecule has 1 atom stereocenters. The smallest absolute Gasteiger partial charge is 0.179 e. The molecule has 1 unspecified atom stereocenters. The van der Waals surface area contributed by atoms with Crippen molar-refractivity contribution in [2.75, 3.05) is 14.2 Å². The fraction of sp³-hybridized carbons (Fsp3) is 0.462. The Bertz CT molecular complexity index is 343. The minimum absolute atomic E-state index is 0.125. The number of rotatable bonds is 5. The molecule has 0 aliphatic rings. The zero-order chi connectivity index (χ0) is 12.1. The molecule has 0 amide bonds. The first-order chi connectivity index (χ1) is 7.60. The predicted molar refractivity (Wildman–Crippen MR) is 65.0 cm³/mol. The normalized spacial score (nSPS) is 12.6. The highest BCUT2D eigenvalue weighted by Crippen LogP contribution is 2.15. The Hall–Kier alpha value is -1.35. The third-order valence-electron chi connectivity index (χ3n) is 2.63. The fourth-order valence-electron chi connectivity index (χ4n) is 1.70. The van der Waals surface area contributed by atoms with E-state index in [1.165, 1.54) is 0 Å². The second-order valence-corrected chi connectivity index (χ2v) is 4.10. The second-order valence-electron chi connectivity index (χ2n) is 4.10. The van der Waals surface area contributed by atoms with Crippen molar-refractivity contribution in [3.05, 3.63) is 29.8 Å². The molecule has 0 aliphatic heterocycles. The Kier molecular flexibility index (Phi) is 4.50. The summed E-state index contributed by atoms with van der Waals surface area (Å²) in [6, 6.07) is 7.08. The number of methoxy groups -OCH3 is 1. The van der Waals surface area contributed by atoms with E-state index in [9.17, 15) is 4.79 Å². The highest BCUT2D eigenvalue weighted by atomic mass is 16.5. The molecular weight excluding hydrogens is 202 g/mol. The van der Waals surface area contributed by atoms with Crippen LogP contribution < -0.4 is 10.1 Å². The van der Waals surface area contributed by atoms with Crippen LogP contribution in [0.5, 0.6) is 5.75 Å². The first kappa shape index (κ1) is 12.7. The molecular formula is C13H19NO2. The Balaban J connectivity index is 2.86. The van der Waals surface area contributed by atoms with Crippen LogP contribution in [0.15, 0.2) is 24.3 Å². The van der Waals surface area contributed by atoms with Gasteiger partial charge in [-0.25, -0.2) is 0 Å². The van der Waals surface area contributed by atoms with Gasteiger partial charge in [-0.05, 0) is 37.2 Å². The van der Waals surface area contributed by atoms with Crippen molar-refractivity contribution >= 4 is 5.78 Å². The van der Waals surface area contributed by atoms with Crippen LogP contribution in [0.4, 0.5) is 0 Å². The van der Waals surface area contributed by atoms with Crippen LogP contribution in [-0.2, 0) is 0 Å². The van der Waals surface area contributed by atoms with Gasteiger partial charge in [-0.15, -0.1) is 0 Å². The van der Waals surface area contributed by atoms with Crippen molar-refractivity contribution in [3.63, 3.8) is 0 Å². The topological polar surface area (TPSA) is 38.3 Å². The number of ether oxygens (including phenoxy) is 1. The summed E-state index contributed by atoms with van der Waals surface area (Å²) >= 11 is 0. The number of Topliss-reactive ketones (excluding diaryl/α,β-unsaturated/α-hetero) is 1. The summed E-state index contributed by atoms with van der Waals surface area (Å²) in [6.45, 7) is 4.06. The van der Waals surface area contributed by atoms with Gasteiger partial charge >= 0.3 is 0 Å². The molecule has 1 aromatic carbocycles. The fourth-order valence-corrected chi connectivity index (χ4v) is 1.70. The molecule has 1 aromatic rings. The maximum absolute atomic E-state index is 12.1. The molecule has 1 rings (SSSR count). The lowest BCUT2D eigenvalue weighted by atomic mass is 9.95. The lowest BCUT2D eigenvalue weighted by Crippen LogP contribution is -2.38. The van der Waals surface area contributed by atoms with Gasteiger partial charge in [-0.2, -0.15) is 0 Å². The zero-order valence-corrected chi connectivity index (χ0v) is 10.3. The first-order valence-electron chi connectivity index (χ1n) is 5.45. The minimum atomic E-state index is -0.131. The van der Waals surface area contributed by atoms with E-state index >= 15 is 0 Å². The third kappa shape index (κ3) is 2.83. The monoisotopic (exact) mass is 221 g/mol. The predicted octanol–water partition coefficient (Wildman–Crippen LogP) is 2.12. The maximum Gasteiger partial charge on any atom is 0.179 e. The molecule has 0 bridgehead atoms. The number of hydrogen-bond donors (Lipinski definition) is 1. The summed E-state index contributed by atoms with van der Waals surface area (Å²) in [6.07, 6.45) is 0. The number of ketones is 1. The molecule has 0 fully saturated rings. The minimum Gasteiger partial charge on any atom is -0.497 e. The zero-order valence-electron chi connectivity index (χ0n) is 10.3. The average molecular weight is 221 g/mol. The van der Waals surface area contributed by atoms with Gasteiger partial charge in [0.2, 0.25) is 0 Å². The summed E-state index contributed by atoms with van der Waals surface area (Å²) in [4.78, 5) is 12.1. The van der Waals surface area contributed by atoms with E-state index in [0.717, 1.165) is 5.75 Å². The molecule has 0 saturated carbocycles. The summed E-state index contributed by atoms with van der Waals surface area (Å²) in [5.74, 6) is 1.17. The summed E-state index contributed by atoms with van der Waals surface area (Å²) in [5, 5.41) is 3.05. The highest BCUT2D eigenvalue weighted by molar-refractivity contribution is 6.00. The van der Waals surface area contributed by atoms with Crippen LogP contribution in [0.25, 0.3) is 0 Å². The Morgan fingerprint density at radius 1 is 1.25 bits per heavy atom. The van der Waals surface area contributed by atoms with Crippen LogP contribution >= 0.6 is 0 Å². The molecule has 0 aromatic heterocycles. The molecule has 1 N–H and O–H groups in total. The molecule has 0 heterocycles. The van der Waals surface area contributed by atoms with E-state index in [1.54, 1.807) is 31.4 Å². The number of hydrogen-bond acceptors (Lipinski definition) is 3. The summed E-state index contributed by atoms with van der Waals surface area (Å²) in [5.41, 5.74) is 0.717. The molecule has 3 nitrogen and oxygen atoms in total. The van der Waals surface area contributed by atoms with Gasteiger partial charge in [0.1, 0.15) is 5.75 Å². The number of nitrogens with one attached hydrogen (secondary N) is 1. The Morgan fingerprint density at radius 3 is 2.19 bits per heavy atom. The molecule has 3 heteroatoms. The van der Waals surface area contributed by atoms with E-state index < -0.39 is 0 Å². The third-order valence-corrected chi connectivity index (χ3v) is 2.63. The molecule has 0 saturated heterocycles. The maximum atomic E-state index is 12.1. The molecule has 0 spiro atoms. The summed E-state index contributed by atoms with van der Waals surface area (Å²) in [7, 11) is 3.42. The SMILES string of the molecule is CNC(C(=O)c1ccc(OC)cc1)C(C)C. The van der Waals surface area contributed by atoms with Crippen molar-refractivity contribution in [1.82, 2.24) is 5.32 Å². The van der Waals surface area contributed by atoms with Crippen molar-refractivity contribution < 1.29 is 9.53 Å². The molecule has 0 aliphatic carbocycles. The largest absolute Gasteiger partial charge is 0.497 e. The lowest BCUT2D eigenvalue weighted by molar-refractivity contribution is 0.0922. The number of likely N-dealkylation sites (N-methyl/N-ethyl adjacent to an activating group) is 1. The second kappa shape index (κ2) is 5.66. The van der Waals surface area contributed by atoms with Gasteiger partial charge in [0, 0.05) is 5.56 Å². The van der Waals surface area contributed by atoms with Crippen molar-refractivity contribution in [1.29, 1.82) is 0 Å². The number of carbonyl (C=O) groups excluding carboxylic acids is 1. The van der Waals surface area contributed by atoms with Gasteiger partial charge < -0.3 is 10.1 Å². The lowest BCUT2D eigenvalue weighted by Gasteiger charge is -2.18. The van der Waals surface area contributed by atoms with Gasteiger partial charge in [-0.1, -0.05) is 13.8 Å². The van der Waals surface area contributed by atoms with Crippen LogP contribution in [0, 0.1) is 5.92 Å². The highest BCUT2D eigenvalue weighted by Gasteiger charge is 2.21. The van der Waals surface area contributed by atoms with E-state index in [2.05, 4.69) is 5.32 Å². The first-order valence-corrected chi connectivity index (χ1v) is 5.45. The Labute approximate surface area is 96.8 Å². The van der Waals surface area contributed by atoms with Gasteiger partial charge in [-0.3, -0.25) is 4.79 Å².